The Labute approximate surface area is 97.8 Å². The van der Waals surface area contributed by atoms with Gasteiger partial charge in [-0.25, -0.2) is 0 Å². The van der Waals surface area contributed by atoms with Gasteiger partial charge in [0.2, 0.25) is 0 Å². The van der Waals surface area contributed by atoms with Crippen LogP contribution >= 0.6 is 11.8 Å². The lowest BCUT2D eigenvalue weighted by atomic mass is 9.97. The van der Waals surface area contributed by atoms with E-state index in [0.717, 1.165) is 23.5 Å². The maximum absolute atomic E-state index is 10.5. The van der Waals surface area contributed by atoms with Crippen molar-refractivity contribution in [3.63, 3.8) is 0 Å². The Morgan fingerprint density at radius 2 is 2.06 bits per heavy atom. The molecule has 0 aliphatic carbocycles. The van der Waals surface area contributed by atoms with Crippen molar-refractivity contribution in [3.05, 3.63) is 39.9 Å². The third-order valence-corrected chi connectivity index (χ3v) is 4.05. The predicted molar refractivity (Wildman–Crippen MR) is 63.6 cm³/mol. The molecule has 16 heavy (non-hydrogen) atoms. The number of benzene rings is 1. The summed E-state index contributed by atoms with van der Waals surface area (Å²) in [7, 11) is 0. The molecule has 2 rings (SSSR count). The van der Waals surface area contributed by atoms with Gasteiger partial charge in [-0.05, 0) is 23.7 Å². The van der Waals surface area contributed by atoms with Crippen LogP contribution in [0.15, 0.2) is 24.3 Å². The zero-order valence-corrected chi connectivity index (χ0v) is 9.52. The van der Waals surface area contributed by atoms with Gasteiger partial charge in [0.15, 0.2) is 0 Å². The fourth-order valence-corrected chi connectivity index (χ4v) is 3.13. The molecule has 5 heteroatoms. The van der Waals surface area contributed by atoms with Gasteiger partial charge in [-0.2, -0.15) is 11.8 Å². The number of aliphatic hydroxyl groups is 1. The number of nitro groups is 1. The SMILES string of the molecule is O=[N+]([O-])c1ccc(CC2CSCC2O)cc1. The molecule has 1 aromatic rings. The third-order valence-electron chi connectivity index (χ3n) is 2.81. The van der Waals surface area contributed by atoms with Crippen molar-refractivity contribution < 1.29 is 10.0 Å². The van der Waals surface area contributed by atoms with E-state index in [1.165, 1.54) is 12.1 Å². The highest BCUT2D eigenvalue weighted by molar-refractivity contribution is 7.99. The van der Waals surface area contributed by atoms with Crippen molar-refractivity contribution in [3.8, 4) is 0 Å². The van der Waals surface area contributed by atoms with Gasteiger partial charge in [0.05, 0.1) is 11.0 Å². The van der Waals surface area contributed by atoms with Gasteiger partial charge in [0, 0.05) is 17.9 Å². The number of aliphatic hydroxyl groups excluding tert-OH is 1. The van der Waals surface area contributed by atoms with Gasteiger partial charge < -0.3 is 5.11 Å². The molecule has 1 saturated heterocycles. The zero-order chi connectivity index (χ0) is 11.5. The topological polar surface area (TPSA) is 63.4 Å². The smallest absolute Gasteiger partial charge is 0.269 e. The molecule has 1 N–H and O–H groups in total. The van der Waals surface area contributed by atoms with Crippen molar-refractivity contribution in [2.75, 3.05) is 11.5 Å². The van der Waals surface area contributed by atoms with Crippen LogP contribution in [0.3, 0.4) is 0 Å². The molecule has 0 aromatic heterocycles. The van der Waals surface area contributed by atoms with Crippen molar-refractivity contribution in [2.45, 2.75) is 12.5 Å². The second-order valence-electron chi connectivity index (χ2n) is 3.99. The van der Waals surface area contributed by atoms with Crippen LogP contribution in [-0.4, -0.2) is 27.6 Å². The Balaban J connectivity index is 2.02. The molecule has 1 heterocycles. The summed E-state index contributed by atoms with van der Waals surface area (Å²) in [4.78, 5) is 10.1. The highest BCUT2D eigenvalue weighted by Gasteiger charge is 2.25. The van der Waals surface area contributed by atoms with E-state index in [2.05, 4.69) is 0 Å². The Kier molecular flexibility index (Phi) is 3.46. The van der Waals surface area contributed by atoms with Gasteiger partial charge in [-0.3, -0.25) is 10.1 Å². The Morgan fingerprint density at radius 3 is 2.56 bits per heavy atom. The van der Waals surface area contributed by atoms with E-state index in [1.54, 1.807) is 23.9 Å². The Morgan fingerprint density at radius 1 is 1.38 bits per heavy atom. The molecule has 86 valence electrons. The number of non-ortho nitro benzene ring substituents is 1. The normalized spacial score (nSPS) is 24.6. The molecule has 0 saturated carbocycles. The third kappa shape index (κ3) is 2.54. The van der Waals surface area contributed by atoms with E-state index in [-0.39, 0.29) is 17.7 Å². The lowest BCUT2D eigenvalue weighted by Gasteiger charge is -2.12. The van der Waals surface area contributed by atoms with Gasteiger partial charge in [-0.15, -0.1) is 0 Å². The van der Waals surface area contributed by atoms with E-state index in [9.17, 15) is 15.2 Å². The lowest BCUT2D eigenvalue weighted by Crippen LogP contribution is -2.19. The Hall–Kier alpha value is -1.07. The fourth-order valence-electron chi connectivity index (χ4n) is 1.84. The maximum atomic E-state index is 10.5. The minimum atomic E-state index is -0.399. The summed E-state index contributed by atoms with van der Waals surface area (Å²) in [5.41, 5.74) is 1.17. The first-order valence-electron chi connectivity index (χ1n) is 5.16. The quantitative estimate of drug-likeness (QED) is 0.646. The molecule has 1 aromatic carbocycles. The molecule has 0 amide bonds. The van der Waals surface area contributed by atoms with Gasteiger partial charge >= 0.3 is 0 Å². The molecule has 1 fully saturated rings. The van der Waals surface area contributed by atoms with Gasteiger partial charge in [-0.1, -0.05) is 12.1 Å². The molecule has 4 nitrogen and oxygen atoms in total. The molecular weight excluding hydrogens is 226 g/mol. The number of hydrogen-bond acceptors (Lipinski definition) is 4. The van der Waals surface area contributed by atoms with Crippen LogP contribution < -0.4 is 0 Å². The summed E-state index contributed by atoms with van der Waals surface area (Å²) in [6.07, 6.45) is 0.562. The largest absolute Gasteiger partial charge is 0.392 e. The van der Waals surface area contributed by atoms with Gasteiger partial charge in [0.1, 0.15) is 0 Å². The van der Waals surface area contributed by atoms with Crippen molar-refractivity contribution in [1.29, 1.82) is 0 Å². The maximum Gasteiger partial charge on any atom is 0.269 e. The molecule has 1 aliphatic rings. The minimum Gasteiger partial charge on any atom is -0.392 e. The number of rotatable bonds is 3. The summed E-state index contributed by atoms with van der Waals surface area (Å²) in [6, 6.07) is 6.58. The zero-order valence-electron chi connectivity index (χ0n) is 8.70. The van der Waals surface area contributed by atoms with E-state index < -0.39 is 4.92 Å². The number of hydrogen-bond donors (Lipinski definition) is 1. The number of nitrogens with zero attached hydrogens (tertiary/aromatic N) is 1. The highest BCUT2D eigenvalue weighted by atomic mass is 32.2. The van der Waals surface area contributed by atoms with Crippen LogP contribution in [0.1, 0.15) is 5.56 Å². The van der Waals surface area contributed by atoms with Crippen LogP contribution in [0.25, 0.3) is 0 Å². The first-order chi connectivity index (χ1) is 7.66. The molecule has 0 radical (unpaired) electrons. The summed E-state index contributed by atoms with van der Waals surface area (Å²) in [5, 5.41) is 20.1. The summed E-state index contributed by atoms with van der Waals surface area (Å²) in [6.45, 7) is 0. The highest BCUT2D eigenvalue weighted by Crippen LogP contribution is 2.27. The van der Waals surface area contributed by atoms with Crippen LogP contribution in [-0.2, 0) is 6.42 Å². The van der Waals surface area contributed by atoms with Crippen LogP contribution in [0.5, 0.6) is 0 Å². The second kappa shape index (κ2) is 4.84. The number of nitro benzene ring substituents is 1. The standard InChI is InChI=1S/C11H13NO3S/c13-11-7-16-6-9(11)5-8-1-3-10(4-2-8)12(14)15/h1-4,9,11,13H,5-7H2. The average molecular weight is 239 g/mol. The molecule has 2 unspecified atom stereocenters. The summed E-state index contributed by atoms with van der Waals surface area (Å²) >= 11 is 1.76. The summed E-state index contributed by atoms with van der Waals surface area (Å²) < 4.78 is 0. The second-order valence-corrected chi connectivity index (χ2v) is 5.07. The molecule has 0 spiro atoms. The average Bonchev–Trinajstić information content (AvgIpc) is 2.65. The fraction of sp³-hybridized carbons (Fsp3) is 0.455. The monoisotopic (exact) mass is 239 g/mol. The van der Waals surface area contributed by atoms with Gasteiger partial charge in [0.25, 0.3) is 5.69 Å². The lowest BCUT2D eigenvalue weighted by molar-refractivity contribution is -0.384. The van der Waals surface area contributed by atoms with Crippen LogP contribution in [0.2, 0.25) is 0 Å². The van der Waals surface area contributed by atoms with Crippen LogP contribution in [0, 0.1) is 16.0 Å². The molecular formula is C11H13NO3S. The van der Waals surface area contributed by atoms with E-state index in [0.29, 0.717) is 0 Å². The first-order valence-corrected chi connectivity index (χ1v) is 6.31. The summed E-state index contributed by atoms with van der Waals surface area (Å²) in [5.74, 6) is 2.06. The van der Waals surface area contributed by atoms with Crippen LogP contribution in [0.4, 0.5) is 5.69 Å². The van der Waals surface area contributed by atoms with E-state index in [4.69, 9.17) is 0 Å². The number of thioether (sulfide) groups is 1. The van der Waals surface area contributed by atoms with Crippen molar-refractivity contribution in [1.82, 2.24) is 0 Å². The van der Waals surface area contributed by atoms with E-state index >= 15 is 0 Å². The molecule has 1 aliphatic heterocycles. The van der Waals surface area contributed by atoms with E-state index in [1.807, 2.05) is 0 Å². The first kappa shape index (κ1) is 11.4. The van der Waals surface area contributed by atoms with Crippen molar-refractivity contribution >= 4 is 17.4 Å². The van der Waals surface area contributed by atoms with Crippen molar-refractivity contribution in [2.24, 2.45) is 5.92 Å². The predicted octanol–water partition coefficient (Wildman–Crippen LogP) is 1.86. The molecule has 2 atom stereocenters. The molecule has 0 bridgehead atoms. The Bertz CT molecular complexity index is 379. The minimum absolute atomic E-state index is 0.116.